The van der Waals surface area contributed by atoms with Gasteiger partial charge in [-0.25, -0.2) is 4.79 Å². The highest BCUT2D eigenvalue weighted by Crippen LogP contribution is 2.39. The fourth-order valence-corrected chi connectivity index (χ4v) is 4.25. The molecule has 1 N–H and O–H groups in total. The predicted molar refractivity (Wildman–Crippen MR) is 104 cm³/mol. The van der Waals surface area contributed by atoms with Crippen molar-refractivity contribution in [1.29, 1.82) is 0 Å². The van der Waals surface area contributed by atoms with E-state index in [1.165, 1.54) is 6.92 Å². The third-order valence-corrected chi connectivity index (χ3v) is 5.78. The Kier molecular flexibility index (Phi) is 5.61. The summed E-state index contributed by atoms with van der Waals surface area (Å²) in [4.78, 5) is 50.7. The van der Waals surface area contributed by atoms with E-state index < -0.39 is 24.5 Å². The van der Waals surface area contributed by atoms with Gasteiger partial charge in [0.05, 0.1) is 11.8 Å². The highest BCUT2D eigenvalue weighted by atomic mass is 16.6. The van der Waals surface area contributed by atoms with Crippen molar-refractivity contribution in [3.63, 3.8) is 0 Å². The predicted octanol–water partition coefficient (Wildman–Crippen LogP) is 1.50. The number of hydrogen-bond donors (Lipinski definition) is 1. The molecule has 1 saturated carbocycles. The van der Waals surface area contributed by atoms with Crippen LogP contribution in [0.25, 0.3) is 0 Å². The van der Waals surface area contributed by atoms with Crippen LogP contribution >= 0.6 is 0 Å². The first-order valence-electron chi connectivity index (χ1n) is 10.2. The number of likely N-dealkylation sites (tertiary alicyclic amines) is 1. The number of amides is 3. The number of benzene rings is 1. The van der Waals surface area contributed by atoms with Crippen molar-refractivity contribution in [3.05, 3.63) is 18.2 Å². The van der Waals surface area contributed by atoms with E-state index >= 15 is 0 Å². The summed E-state index contributed by atoms with van der Waals surface area (Å²) in [5.41, 5.74) is 0.474. The molecule has 1 aromatic rings. The van der Waals surface area contributed by atoms with E-state index in [4.69, 9.17) is 14.2 Å². The third-order valence-electron chi connectivity index (χ3n) is 5.78. The van der Waals surface area contributed by atoms with Crippen LogP contribution in [0.5, 0.6) is 11.5 Å². The molecule has 1 aliphatic carbocycles. The van der Waals surface area contributed by atoms with Crippen LogP contribution in [0.15, 0.2) is 18.2 Å². The molecule has 3 atom stereocenters. The molecule has 2 aliphatic heterocycles. The van der Waals surface area contributed by atoms with Crippen molar-refractivity contribution < 1.29 is 33.4 Å². The Morgan fingerprint density at radius 3 is 2.40 bits per heavy atom. The Hall–Kier alpha value is -3.10. The van der Waals surface area contributed by atoms with Gasteiger partial charge in [-0.15, -0.1) is 0 Å². The fraction of sp³-hybridized carbons (Fsp3) is 0.524. The molecule has 0 unspecified atom stereocenters. The summed E-state index contributed by atoms with van der Waals surface area (Å²) < 4.78 is 15.9. The summed E-state index contributed by atoms with van der Waals surface area (Å²) >= 11 is 0. The van der Waals surface area contributed by atoms with E-state index in [1.54, 1.807) is 18.2 Å². The number of imide groups is 1. The van der Waals surface area contributed by atoms with Crippen molar-refractivity contribution >= 4 is 29.4 Å². The Balaban J connectivity index is 1.31. The summed E-state index contributed by atoms with van der Waals surface area (Å²) in [6.45, 7) is 1.82. The molecule has 3 amide bonds. The number of fused-ring (bicyclic) bond motifs is 2. The molecule has 1 aromatic carbocycles. The Morgan fingerprint density at radius 2 is 1.73 bits per heavy atom. The van der Waals surface area contributed by atoms with Crippen molar-refractivity contribution in [2.75, 3.05) is 25.1 Å². The lowest BCUT2D eigenvalue weighted by molar-refractivity contribution is -0.159. The highest BCUT2D eigenvalue weighted by Gasteiger charge is 2.51. The molecule has 2 heterocycles. The van der Waals surface area contributed by atoms with Gasteiger partial charge < -0.3 is 19.5 Å². The largest absolute Gasteiger partial charge is 0.486 e. The zero-order valence-electron chi connectivity index (χ0n) is 16.7. The van der Waals surface area contributed by atoms with Gasteiger partial charge in [0.2, 0.25) is 11.8 Å². The number of carbonyl (C=O) groups excluding carboxylic acids is 4. The first kappa shape index (κ1) is 20.2. The molecule has 0 aromatic heterocycles. The molecule has 9 heteroatoms. The molecule has 0 spiro atoms. The average Bonchev–Trinajstić information content (AvgIpc) is 3.02. The first-order valence-corrected chi connectivity index (χ1v) is 10.2. The van der Waals surface area contributed by atoms with Gasteiger partial charge in [0.15, 0.2) is 18.1 Å². The Morgan fingerprint density at radius 1 is 1.10 bits per heavy atom. The van der Waals surface area contributed by atoms with Crippen molar-refractivity contribution in [2.24, 2.45) is 11.8 Å². The number of ether oxygens (including phenoxy) is 3. The highest BCUT2D eigenvalue weighted by molar-refractivity contribution is 6.08. The summed E-state index contributed by atoms with van der Waals surface area (Å²) in [5, 5.41) is 2.61. The first-order chi connectivity index (χ1) is 14.5. The van der Waals surface area contributed by atoms with E-state index in [9.17, 15) is 19.2 Å². The normalized spacial score (nSPS) is 23.6. The van der Waals surface area contributed by atoms with Crippen molar-refractivity contribution in [2.45, 2.75) is 38.6 Å². The van der Waals surface area contributed by atoms with Crippen LogP contribution in [0, 0.1) is 11.8 Å². The van der Waals surface area contributed by atoms with E-state index in [-0.39, 0.29) is 23.7 Å². The van der Waals surface area contributed by atoms with Gasteiger partial charge in [0.25, 0.3) is 5.91 Å². The fourth-order valence-electron chi connectivity index (χ4n) is 4.25. The maximum Gasteiger partial charge on any atom is 0.329 e. The summed E-state index contributed by atoms with van der Waals surface area (Å²) in [5.74, 6) is -1.49. The second-order valence-corrected chi connectivity index (χ2v) is 7.73. The number of anilines is 1. The van der Waals surface area contributed by atoms with Gasteiger partial charge in [-0.05, 0) is 31.9 Å². The minimum absolute atomic E-state index is 0.310. The van der Waals surface area contributed by atoms with Gasteiger partial charge in [0, 0.05) is 11.8 Å². The minimum atomic E-state index is -1.06. The van der Waals surface area contributed by atoms with Crippen LogP contribution in [0.2, 0.25) is 0 Å². The van der Waals surface area contributed by atoms with E-state index in [0.29, 0.717) is 43.2 Å². The SMILES string of the molecule is C[C@@H](C(=O)OCC(=O)Nc1ccc2c(c1)OCCO2)N1C(=O)[C@H]2CCCC[C@@H]2C1=O. The molecule has 2 fully saturated rings. The quantitative estimate of drug-likeness (QED) is 0.572. The van der Waals surface area contributed by atoms with E-state index in [0.717, 1.165) is 17.7 Å². The second kappa shape index (κ2) is 8.33. The van der Waals surface area contributed by atoms with Gasteiger partial charge >= 0.3 is 5.97 Å². The average molecular weight is 416 g/mol. The number of nitrogens with one attached hydrogen (secondary N) is 1. The molecule has 3 aliphatic rings. The monoisotopic (exact) mass is 416 g/mol. The Labute approximate surface area is 173 Å². The number of nitrogens with zero attached hydrogens (tertiary/aromatic N) is 1. The molecular formula is C21H24N2O7. The van der Waals surface area contributed by atoms with E-state index in [1.807, 2.05) is 0 Å². The lowest BCUT2D eigenvalue weighted by Gasteiger charge is -2.21. The molecule has 9 nitrogen and oxygen atoms in total. The molecule has 0 radical (unpaired) electrons. The van der Waals surface area contributed by atoms with Crippen LogP contribution in [0.1, 0.15) is 32.6 Å². The van der Waals surface area contributed by atoms with Crippen molar-refractivity contribution in [3.8, 4) is 11.5 Å². The van der Waals surface area contributed by atoms with Crippen LogP contribution < -0.4 is 14.8 Å². The van der Waals surface area contributed by atoms with Crippen molar-refractivity contribution in [1.82, 2.24) is 4.90 Å². The molecule has 30 heavy (non-hydrogen) atoms. The maximum atomic E-state index is 12.6. The molecule has 160 valence electrons. The summed E-state index contributed by atoms with van der Waals surface area (Å²) in [6.07, 6.45) is 3.16. The summed E-state index contributed by atoms with van der Waals surface area (Å²) in [6, 6.07) is 3.90. The molecular weight excluding hydrogens is 392 g/mol. The van der Waals surface area contributed by atoms with Gasteiger partial charge in [-0.2, -0.15) is 0 Å². The lowest BCUT2D eigenvalue weighted by atomic mass is 9.81. The molecule has 4 rings (SSSR count). The van der Waals surface area contributed by atoms with Crippen LogP contribution in [-0.2, 0) is 23.9 Å². The van der Waals surface area contributed by atoms with Crippen LogP contribution in [0.4, 0.5) is 5.69 Å². The zero-order chi connectivity index (χ0) is 21.3. The number of hydrogen-bond acceptors (Lipinski definition) is 7. The molecule has 1 saturated heterocycles. The number of rotatable bonds is 5. The van der Waals surface area contributed by atoms with Crippen LogP contribution in [0.3, 0.4) is 0 Å². The minimum Gasteiger partial charge on any atom is -0.486 e. The second-order valence-electron chi connectivity index (χ2n) is 7.73. The Bertz CT molecular complexity index is 860. The van der Waals surface area contributed by atoms with Gasteiger partial charge in [0.1, 0.15) is 19.3 Å². The zero-order valence-corrected chi connectivity index (χ0v) is 16.7. The van der Waals surface area contributed by atoms with Crippen LogP contribution in [-0.4, -0.2) is 54.5 Å². The lowest BCUT2D eigenvalue weighted by Crippen LogP contribution is -2.45. The standard InChI is InChI=1S/C21H24N2O7/c1-12(23-19(25)14-4-2-3-5-15(14)20(23)26)21(27)30-11-18(24)22-13-6-7-16-17(10-13)29-9-8-28-16/h6-7,10,12,14-15H,2-5,8-9,11H2,1H3,(H,22,24)/t12-,14-,15-/m0/s1. The summed E-state index contributed by atoms with van der Waals surface area (Å²) in [7, 11) is 0. The van der Waals surface area contributed by atoms with Gasteiger partial charge in [-0.1, -0.05) is 12.8 Å². The maximum absolute atomic E-state index is 12.6. The topological polar surface area (TPSA) is 111 Å². The molecule has 0 bridgehead atoms. The number of carbonyl (C=O) groups is 4. The van der Waals surface area contributed by atoms with Gasteiger partial charge in [-0.3, -0.25) is 19.3 Å². The van der Waals surface area contributed by atoms with E-state index in [2.05, 4.69) is 5.32 Å². The third kappa shape index (κ3) is 3.83. The number of esters is 1. The smallest absolute Gasteiger partial charge is 0.329 e.